The minimum Gasteiger partial charge on any atom is -0.368 e. The van der Waals surface area contributed by atoms with Gasteiger partial charge in [0.05, 0.1) is 6.54 Å². The summed E-state index contributed by atoms with van der Waals surface area (Å²) in [6.07, 6.45) is 5.96. The van der Waals surface area contributed by atoms with Crippen LogP contribution in [0.3, 0.4) is 0 Å². The highest BCUT2D eigenvalue weighted by Gasteiger charge is 2.25. The van der Waals surface area contributed by atoms with Gasteiger partial charge >= 0.3 is 0 Å². The fourth-order valence-corrected chi connectivity index (χ4v) is 3.44. The molecule has 0 bridgehead atoms. The van der Waals surface area contributed by atoms with Crippen LogP contribution in [-0.2, 0) is 31.2 Å². The van der Waals surface area contributed by atoms with Crippen molar-refractivity contribution in [2.75, 3.05) is 6.61 Å². The first-order valence-corrected chi connectivity index (χ1v) is 8.49. The lowest BCUT2D eigenvalue weighted by Crippen LogP contribution is -2.25. The third-order valence-corrected chi connectivity index (χ3v) is 4.68. The largest absolute Gasteiger partial charge is 0.368 e. The molecular formula is C16H21N5O3. The van der Waals surface area contributed by atoms with Gasteiger partial charge in [0.1, 0.15) is 6.10 Å². The number of rotatable bonds is 4. The van der Waals surface area contributed by atoms with Crippen molar-refractivity contribution in [1.29, 1.82) is 0 Å². The number of carbonyl (C=O) groups is 1. The third-order valence-electron chi connectivity index (χ3n) is 4.68. The molecule has 2 aromatic rings. The molecule has 0 spiro atoms. The zero-order valence-electron chi connectivity index (χ0n) is 13.7. The smallest absolute Gasteiger partial charge is 0.272 e. The van der Waals surface area contributed by atoms with Crippen LogP contribution in [0.2, 0.25) is 0 Å². The van der Waals surface area contributed by atoms with Crippen molar-refractivity contribution >= 4 is 5.91 Å². The number of hydrogen-bond acceptors (Lipinski definition) is 6. The van der Waals surface area contributed by atoms with Gasteiger partial charge < -0.3 is 14.6 Å². The first-order chi connectivity index (χ1) is 11.7. The summed E-state index contributed by atoms with van der Waals surface area (Å²) in [4.78, 5) is 16.8. The number of fused-ring (bicyclic) bond motifs is 1. The monoisotopic (exact) mass is 331 g/mol. The highest BCUT2D eigenvalue weighted by molar-refractivity contribution is 5.94. The van der Waals surface area contributed by atoms with Gasteiger partial charge in [-0.1, -0.05) is 5.16 Å². The molecule has 1 atom stereocenters. The molecule has 128 valence electrons. The molecule has 8 nitrogen and oxygen atoms in total. The van der Waals surface area contributed by atoms with E-state index in [1.54, 1.807) is 0 Å². The molecule has 0 saturated carbocycles. The Hall–Kier alpha value is -2.22. The van der Waals surface area contributed by atoms with Crippen LogP contribution in [-0.4, -0.2) is 32.4 Å². The quantitative estimate of drug-likeness (QED) is 0.911. The summed E-state index contributed by atoms with van der Waals surface area (Å²) >= 11 is 0. The number of aromatic nitrogens is 4. The van der Waals surface area contributed by atoms with Gasteiger partial charge in [-0.3, -0.25) is 9.48 Å². The van der Waals surface area contributed by atoms with Crippen molar-refractivity contribution in [3.05, 3.63) is 28.7 Å². The van der Waals surface area contributed by atoms with E-state index < -0.39 is 0 Å². The summed E-state index contributed by atoms with van der Waals surface area (Å²) in [6.45, 7) is 0.949. The summed E-state index contributed by atoms with van der Waals surface area (Å²) < 4.78 is 12.6. The molecule has 1 aliphatic heterocycles. The Morgan fingerprint density at radius 3 is 3.04 bits per heavy atom. The Morgan fingerprint density at radius 2 is 2.21 bits per heavy atom. The number of ether oxygens (including phenoxy) is 1. The van der Waals surface area contributed by atoms with Crippen LogP contribution in [0.15, 0.2) is 4.52 Å². The van der Waals surface area contributed by atoms with Gasteiger partial charge in [-0.2, -0.15) is 10.1 Å². The SMILES string of the molecule is Cn1nc(C(=O)NCc2noc(C3CCCO3)n2)c2c1CCCC2. The molecule has 1 amide bonds. The predicted molar refractivity (Wildman–Crippen MR) is 83.2 cm³/mol. The van der Waals surface area contributed by atoms with Gasteiger partial charge in [0.25, 0.3) is 11.8 Å². The van der Waals surface area contributed by atoms with E-state index in [4.69, 9.17) is 9.26 Å². The molecule has 24 heavy (non-hydrogen) atoms. The normalized spacial score (nSPS) is 20.1. The van der Waals surface area contributed by atoms with Gasteiger partial charge in [0.15, 0.2) is 11.5 Å². The fraction of sp³-hybridized carbons (Fsp3) is 0.625. The lowest BCUT2D eigenvalue weighted by molar-refractivity contribution is 0.0835. The minimum absolute atomic E-state index is 0.107. The van der Waals surface area contributed by atoms with Crippen LogP contribution in [0.1, 0.15) is 65.2 Å². The lowest BCUT2D eigenvalue weighted by Gasteiger charge is -2.12. The van der Waals surface area contributed by atoms with Crippen molar-refractivity contribution in [2.45, 2.75) is 51.2 Å². The summed E-state index contributed by atoms with van der Waals surface area (Å²) in [7, 11) is 1.90. The summed E-state index contributed by atoms with van der Waals surface area (Å²) in [6, 6.07) is 0. The van der Waals surface area contributed by atoms with Gasteiger partial charge in [-0.25, -0.2) is 0 Å². The van der Waals surface area contributed by atoms with Gasteiger partial charge in [0, 0.05) is 24.9 Å². The number of aryl methyl sites for hydroxylation is 1. The van der Waals surface area contributed by atoms with E-state index in [1.165, 1.54) is 5.69 Å². The average molecular weight is 331 g/mol. The summed E-state index contributed by atoms with van der Waals surface area (Å²) in [5, 5.41) is 11.1. The Kier molecular flexibility index (Phi) is 4.05. The van der Waals surface area contributed by atoms with Crippen molar-refractivity contribution in [1.82, 2.24) is 25.2 Å². The van der Waals surface area contributed by atoms with Crippen LogP contribution in [0, 0.1) is 0 Å². The first-order valence-electron chi connectivity index (χ1n) is 8.49. The fourth-order valence-electron chi connectivity index (χ4n) is 3.44. The van der Waals surface area contributed by atoms with E-state index >= 15 is 0 Å². The molecule has 2 aliphatic rings. The molecule has 4 rings (SSSR count). The van der Waals surface area contributed by atoms with Crippen LogP contribution in [0.4, 0.5) is 0 Å². The second-order valence-electron chi connectivity index (χ2n) is 6.34. The molecule has 1 N–H and O–H groups in total. The number of nitrogens with one attached hydrogen (secondary N) is 1. The van der Waals surface area contributed by atoms with Gasteiger partial charge in [-0.05, 0) is 38.5 Å². The molecule has 8 heteroatoms. The second-order valence-corrected chi connectivity index (χ2v) is 6.34. The molecule has 1 aliphatic carbocycles. The molecule has 1 saturated heterocycles. The Morgan fingerprint density at radius 1 is 1.33 bits per heavy atom. The zero-order chi connectivity index (χ0) is 16.5. The summed E-state index contributed by atoms with van der Waals surface area (Å²) in [5.74, 6) is 0.767. The maximum Gasteiger partial charge on any atom is 0.272 e. The number of carbonyl (C=O) groups excluding carboxylic acids is 1. The zero-order valence-corrected chi connectivity index (χ0v) is 13.7. The lowest BCUT2D eigenvalue weighted by atomic mass is 9.95. The Bertz CT molecular complexity index is 745. The second kappa shape index (κ2) is 6.35. The van der Waals surface area contributed by atoms with Crippen LogP contribution in [0.5, 0.6) is 0 Å². The van der Waals surface area contributed by atoms with Crippen molar-refractivity contribution in [3.8, 4) is 0 Å². The van der Waals surface area contributed by atoms with Gasteiger partial charge in [-0.15, -0.1) is 0 Å². The van der Waals surface area contributed by atoms with Crippen molar-refractivity contribution < 1.29 is 14.1 Å². The first kappa shape index (κ1) is 15.3. The molecule has 1 fully saturated rings. The van der Waals surface area contributed by atoms with Crippen molar-refractivity contribution in [3.63, 3.8) is 0 Å². The molecule has 0 radical (unpaired) electrons. The van der Waals surface area contributed by atoms with E-state index in [0.29, 0.717) is 17.4 Å². The number of nitrogens with zero attached hydrogens (tertiary/aromatic N) is 4. The van der Waals surface area contributed by atoms with E-state index in [2.05, 4.69) is 20.6 Å². The Balaban J connectivity index is 1.42. The standard InChI is InChI=1S/C16H21N5O3/c1-21-11-6-3-2-5-10(11)14(19-21)15(22)17-9-13-18-16(24-20-13)12-7-4-8-23-12/h12H,2-9H2,1H3,(H,17,22). The van der Waals surface area contributed by atoms with Crippen LogP contribution >= 0.6 is 0 Å². The highest BCUT2D eigenvalue weighted by Crippen LogP contribution is 2.27. The van der Waals surface area contributed by atoms with E-state index in [9.17, 15) is 4.79 Å². The number of amides is 1. The van der Waals surface area contributed by atoms with E-state index in [0.717, 1.165) is 50.7 Å². The molecular weight excluding hydrogens is 310 g/mol. The highest BCUT2D eigenvalue weighted by atomic mass is 16.5. The third kappa shape index (κ3) is 2.82. The topological polar surface area (TPSA) is 95.1 Å². The maximum atomic E-state index is 12.5. The Labute approximate surface area is 139 Å². The van der Waals surface area contributed by atoms with E-state index in [1.807, 2.05) is 11.7 Å². The molecule has 1 unspecified atom stereocenters. The minimum atomic E-state index is -0.183. The summed E-state index contributed by atoms with van der Waals surface area (Å²) in [5.41, 5.74) is 2.77. The molecule has 3 heterocycles. The number of hydrogen-bond donors (Lipinski definition) is 1. The molecule has 0 aromatic carbocycles. The van der Waals surface area contributed by atoms with Crippen molar-refractivity contribution in [2.24, 2.45) is 7.05 Å². The average Bonchev–Trinajstić information content (AvgIpc) is 3.33. The molecule has 2 aromatic heterocycles. The predicted octanol–water partition coefficient (Wildman–Crippen LogP) is 1.46. The maximum absolute atomic E-state index is 12.5. The van der Waals surface area contributed by atoms with Gasteiger partial charge in [0.2, 0.25) is 0 Å². The van der Waals surface area contributed by atoms with Crippen LogP contribution < -0.4 is 5.32 Å². The van der Waals surface area contributed by atoms with Crippen LogP contribution in [0.25, 0.3) is 0 Å². The van der Waals surface area contributed by atoms with E-state index in [-0.39, 0.29) is 18.6 Å².